The lowest BCUT2D eigenvalue weighted by molar-refractivity contribution is 0.398. The third-order valence-electron chi connectivity index (χ3n) is 4.34. The molecule has 4 heteroatoms. The Hall–Kier alpha value is -2.10. The normalized spacial score (nSPS) is 16.0. The lowest BCUT2D eigenvalue weighted by atomic mass is 9.90. The summed E-state index contributed by atoms with van der Waals surface area (Å²) in [5, 5.41) is 9.20. The van der Waals surface area contributed by atoms with Crippen molar-refractivity contribution in [1.82, 2.24) is 0 Å². The predicted molar refractivity (Wildman–Crippen MR) is 83.1 cm³/mol. The predicted octanol–water partition coefficient (Wildman–Crippen LogP) is 4.13. The molecule has 0 radical (unpaired) electrons. The average molecular weight is 303 g/mol. The lowest BCUT2D eigenvalue weighted by Crippen LogP contribution is -2.34. The van der Waals surface area contributed by atoms with Crippen LogP contribution in [0.15, 0.2) is 42.5 Å². The van der Waals surface area contributed by atoms with Crippen molar-refractivity contribution in [3.63, 3.8) is 0 Å². The van der Waals surface area contributed by atoms with Crippen molar-refractivity contribution in [1.29, 1.82) is 0 Å². The number of rotatable bonds is 3. The van der Waals surface area contributed by atoms with Gasteiger partial charge in [0, 0.05) is 25.2 Å². The highest BCUT2D eigenvalue weighted by molar-refractivity contribution is 5.51. The minimum atomic E-state index is -0.775. The molecule has 0 amide bonds. The fourth-order valence-electron chi connectivity index (χ4n) is 3.09. The van der Waals surface area contributed by atoms with Gasteiger partial charge in [0.1, 0.15) is 5.82 Å². The molecule has 3 rings (SSSR count). The van der Waals surface area contributed by atoms with Crippen LogP contribution in [0.5, 0.6) is 5.75 Å². The first-order valence-corrected chi connectivity index (χ1v) is 7.60. The van der Waals surface area contributed by atoms with E-state index in [-0.39, 0.29) is 5.69 Å². The van der Waals surface area contributed by atoms with Crippen LogP contribution in [0.3, 0.4) is 0 Å². The Morgan fingerprint density at radius 2 is 1.68 bits per heavy atom. The summed E-state index contributed by atoms with van der Waals surface area (Å²) in [5.74, 6) is -1.41. The number of aromatic hydroxyl groups is 1. The molecule has 2 nitrogen and oxygen atoms in total. The zero-order valence-corrected chi connectivity index (χ0v) is 12.3. The summed E-state index contributed by atoms with van der Waals surface area (Å²) in [6.07, 6.45) is 2.94. The molecule has 2 aromatic carbocycles. The molecule has 2 aromatic rings. The highest BCUT2D eigenvalue weighted by atomic mass is 19.1. The fourth-order valence-corrected chi connectivity index (χ4v) is 3.09. The second-order valence-electron chi connectivity index (χ2n) is 5.88. The number of benzene rings is 2. The van der Waals surface area contributed by atoms with Gasteiger partial charge in [-0.15, -0.1) is 0 Å². The monoisotopic (exact) mass is 303 g/mol. The van der Waals surface area contributed by atoms with E-state index in [9.17, 15) is 13.9 Å². The summed E-state index contributed by atoms with van der Waals surface area (Å²) in [6, 6.07) is 12.3. The number of anilines is 1. The van der Waals surface area contributed by atoms with Crippen LogP contribution in [0, 0.1) is 17.6 Å². The summed E-state index contributed by atoms with van der Waals surface area (Å²) in [5.41, 5.74) is 1.57. The van der Waals surface area contributed by atoms with Crippen LogP contribution in [-0.4, -0.2) is 18.2 Å². The van der Waals surface area contributed by atoms with Crippen LogP contribution < -0.4 is 4.90 Å². The minimum Gasteiger partial charge on any atom is -0.505 e. The average Bonchev–Trinajstić information content (AvgIpc) is 2.53. The SMILES string of the molecule is Oc1cc(F)c(N2CCC(Cc3ccccc3)CC2)cc1F. The first kappa shape index (κ1) is 14.8. The van der Waals surface area contributed by atoms with Crippen LogP contribution in [0.25, 0.3) is 0 Å². The van der Waals surface area contributed by atoms with E-state index in [0.29, 0.717) is 19.0 Å². The second-order valence-corrected chi connectivity index (χ2v) is 5.88. The van der Waals surface area contributed by atoms with Gasteiger partial charge in [0.25, 0.3) is 0 Å². The Morgan fingerprint density at radius 1 is 1.00 bits per heavy atom. The van der Waals surface area contributed by atoms with Crippen molar-refractivity contribution in [3.8, 4) is 5.75 Å². The summed E-state index contributed by atoms with van der Waals surface area (Å²) < 4.78 is 27.3. The van der Waals surface area contributed by atoms with Crippen LogP contribution in [0.4, 0.5) is 14.5 Å². The molecular weight excluding hydrogens is 284 g/mol. The maximum Gasteiger partial charge on any atom is 0.167 e. The van der Waals surface area contributed by atoms with Gasteiger partial charge in [0.05, 0.1) is 5.69 Å². The van der Waals surface area contributed by atoms with Crippen LogP contribution in [0.2, 0.25) is 0 Å². The Kier molecular flexibility index (Phi) is 4.27. The molecule has 0 aliphatic carbocycles. The van der Waals surface area contributed by atoms with Crippen LogP contribution in [-0.2, 0) is 6.42 Å². The number of halogens is 2. The number of nitrogens with zero attached hydrogens (tertiary/aromatic N) is 1. The first-order chi connectivity index (χ1) is 10.6. The molecule has 0 aromatic heterocycles. The van der Waals surface area contributed by atoms with Gasteiger partial charge in [-0.2, -0.15) is 0 Å². The molecular formula is C18H19F2NO. The molecule has 1 aliphatic heterocycles. The molecule has 1 heterocycles. The van der Waals surface area contributed by atoms with Gasteiger partial charge in [0.15, 0.2) is 11.6 Å². The highest BCUT2D eigenvalue weighted by Gasteiger charge is 2.22. The zero-order valence-electron chi connectivity index (χ0n) is 12.3. The Bertz CT molecular complexity index is 637. The van der Waals surface area contributed by atoms with E-state index in [0.717, 1.165) is 31.4 Å². The van der Waals surface area contributed by atoms with E-state index in [1.54, 1.807) is 0 Å². The maximum absolute atomic E-state index is 13.9. The van der Waals surface area contributed by atoms with E-state index in [1.807, 2.05) is 23.1 Å². The molecule has 0 bridgehead atoms. The zero-order chi connectivity index (χ0) is 15.5. The van der Waals surface area contributed by atoms with E-state index in [2.05, 4.69) is 12.1 Å². The largest absolute Gasteiger partial charge is 0.505 e. The highest BCUT2D eigenvalue weighted by Crippen LogP contribution is 2.30. The number of hydrogen-bond donors (Lipinski definition) is 1. The van der Waals surface area contributed by atoms with Crippen molar-refractivity contribution >= 4 is 5.69 Å². The summed E-state index contributed by atoms with van der Waals surface area (Å²) in [6.45, 7) is 1.41. The van der Waals surface area contributed by atoms with Crippen molar-refractivity contribution in [2.24, 2.45) is 5.92 Å². The van der Waals surface area contributed by atoms with Gasteiger partial charge in [0.2, 0.25) is 0 Å². The molecule has 0 spiro atoms. The number of phenols is 1. The third-order valence-corrected chi connectivity index (χ3v) is 4.34. The van der Waals surface area contributed by atoms with Crippen molar-refractivity contribution in [3.05, 3.63) is 59.7 Å². The molecule has 0 atom stereocenters. The van der Waals surface area contributed by atoms with Gasteiger partial charge in [-0.25, -0.2) is 8.78 Å². The number of piperidine rings is 1. The Labute approximate surface area is 129 Å². The molecule has 1 N–H and O–H groups in total. The van der Waals surface area contributed by atoms with Gasteiger partial charge < -0.3 is 10.0 Å². The maximum atomic E-state index is 13.9. The lowest BCUT2D eigenvalue weighted by Gasteiger charge is -2.34. The topological polar surface area (TPSA) is 23.5 Å². The van der Waals surface area contributed by atoms with Crippen LogP contribution >= 0.6 is 0 Å². The standard InChI is InChI=1S/C18H19F2NO/c19-15-12-18(22)16(20)11-17(15)21-8-6-14(7-9-21)10-13-4-2-1-3-5-13/h1-5,11-12,14,22H,6-10H2. The van der Waals surface area contributed by atoms with Crippen LogP contribution in [0.1, 0.15) is 18.4 Å². The fraction of sp³-hybridized carbons (Fsp3) is 0.333. The molecule has 0 saturated carbocycles. The first-order valence-electron chi connectivity index (χ1n) is 7.60. The molecule has 1 saturated heterocycles. The van der Waals surface area contributed by atoms with Crippen molar-refractivity contribution < 1.29 is 13.9 Å². The summed E-state index contributed by atoms with van der Waals surface area (Å²) in [7, 11) is 0. The van der Waals surface area contributed by atoms with E-state index in [1.165, 1.54) is 5.56 Å². The van der Waals surface area contributed by atoms with E-state index < -0.39 is 17.4 Å². The van der Waals surface area contributed by atoms with E-state index in [4.69, 9.17) is 0 Å². The number of hydrogen-bond acceptors (Lipinski definition) is 2. The third kappa shape index (κ3) is 3.21. The van der Waals surface area contributed by atoms with E-state index >= 15 is 0 Å². The van der Waals surface area contributed by atoms with Gasteiger partial charge in [-0.1, -0.05) is 30.3 Å². The van der Waals surface area contributed by atoms with Gasteiger partial charge in [-0.05, 0) is 30.7 Å². The minimum absolute atomic E-state index is 0.244. The van der Waals surface area contributed by atoms with Crippen molar-refractivity contribution in [2.75, 3.05) is 18.0 Å². The second kappa shape index (κ2) is 6.34. The van der Waals surface area contributed by atoms with Gasteiger partial charge >= 0.3 is 0 Å². The quantitative estimate of drug-likeness (QED) is 0.921. The molecule has 22 heavy (non-hydrogen) atoms. The molecule has 0 unspecified atom stereocenters. The number of phenolic OH excluding ortho intramolecular Hbond substituents is 1. The summed E-state index contributed by atoms with van der Waals surface area (Å²) >= 11 is 0. The van der Waals surface area contributed by atoms with Gasteiger partial charge in [-0.3, -0.25) is 0 Å². The Balaban J connectivity index is 1.63. The molecule has 116 valence electrons. The Morgan fingerprint density at radius 3 is 2.36 bits per heavy atom. The smallest absolute Gasteiger partial charge is 0.167 e. The van der Waals surface area contributed by atoms with Crippen molar-refractivity contribution in [2.45, 2.75) is 19.3 Å². The molecule has 1 fully saturated rings. The summed E-state index contributed by atoms with van der Waals surface area (Å²) in [4.78, 5) is 1.86. The molecule has 1 aliphatic rings.